The Morgan fingerprint density at radius 1 is 1.06 bits per heavy atom. The van der Waals surface area contributed by atoms with Crippen LogP contribution in [0.5, 0.6) is 5.75 Å². The van der Waals surface area contributed by atoms with Crippen LogP contribution >= 0.6 is 0 Å². The van der Waals surface area contributed by atoms with E-state index in [9.17, 15) is 0 Å². The van der Waals surface area contributed by atoms with Crippen LogP contribution in [0, 0.1) is 6.92 Å². The average Bonchev–Trinajstić information content (AvgIpc) is 3.33. The number of benzene rings is 2. The fourth-order valence-corrected chi connectivity index (χ4v) is 3.11. The molecule has 1 heterocycles. The second-order valence-electron chi connectivity index (χ2n) is 7.06. The minimum Gasteiger partial charge on any atom is -0.491 e. The van der Waals surface area contributed by atoms with Crippen LogP contribution in [0.3, 0.4) is 0 Å². The first-order chi connectivity index (χ1) is 15.2. The standard InChI is InChI=1S/C24H31N5O2/c1-4-30-13-14-31-23-15-19(2)9-10-21(23)18-27-24(25-3)26-17-20-7-5-8-22(16-20)29-12-6-11-28-29/h5-12,15-16H,4,13-14,17-18H2,1-3H3,(H2,25,26,27). The number of guanidine groups is 1. The largest absolute Gasteiger partial charge is 0.491 e. The second kappa shape index (κ2) is 11.8. The molecule has 0 unspecified atom stereocenters. The Morgan fingerprint density at radius 2 is 1.94 bits per heavy atom. The van der Waals surface area contributed by atoms with Gasteiger partial charge in [-0.2, -0.15) is 5.10 Å². The number of hydrogen-bond acceptors (Lipinski definition) is 4. The van der Waals surface area contributed by atoms with Crippen LogP contribution in [0.15, 0.2) is 65.9 Å². The number of hydrogen-bond donors (Lipinski definition) is 2. The van der Waals surface area contributed by atoms with Crippen molar-refractivity contribution in [2.75, 3.05) is 26.9 Å². The third kappa shape index (κ3) is 6.86. The maximum absolute atomic E-state index is 5.93. The van der Waals surface area contributed by atoms with Crippen molar-refractivity contribution in [2.24, 2.45) is 4.99 Å². The van der Waals surface area contributed by atoms with Gasteiger partial charge in [-0.1, -0.05) is 24.3 Å². The first-order valence-electron chi connectivity index (χ1n) is 10.5. The Morgan fingerprint density at radius 3 is 2.71 bits per heavy atom. The van der Waals surface area contributed by atoms with Gasteiger partial charge in [-0.15, -0.1) is 0 Å². The summed E-state index contributed by atoms with van der Waals surface area (Å²) in [6, 6.07) is 16.4. The van der Waals surface area contributed by atoms with Crippen molar-refractivity contribution in [1.82, 2.24) is 20.4 Å². The predicted octanol–water partition coefficient (Wildman–Crippen LogP) is 3.46. The Balaban J connectivity index is 1.56. The van der Waals surface area contributed by atoms with Gasteiger partial charge in [-0.25, -0.2) is 4.68 Å². The van der Waals surface area contributed by atoms with Crippen molar-refractivity contribution in [3.8, 4) is 11.4 Å². The summed E-state index contributed by atoms with van der Waals surface area (Å²) in [5.74, 6) is 1.60. The summed E-state index contributed by atoms with van der Waals surface area (Å²) in [5.41, 5.74) is 4.41. The molecular formula is C24H31N5O2. The van der Waals surface area contributed by atoms with E-state index in [1.807, 2.05) is 36.0 Å². The smallest absolute Gasteiger partial charge is 0.191 e. The lowest BCUT2D eigenvalue weighted by molar-refractivity contribution is 0.110. The van der Waals surface area contributed by atoms with Crippen molar-refractivity contribution in [2.45, 2.75) is 26.9 Å². The summed E-state index contributed by atoms with van der Waals surface area (Å²) >= 11 is 0. The molecule has 0 aliphatic rings. The molecule has 0 aliphatic heterocycles. The summed E-state index contributed by atoms with van der Waals surface area (Å²) in [6.07, 6.45) is 3.71. The Kier molecular flexibility index (Phi) is 8.48. The topological polar surface area (TPSA) is 72.7 Å². The molecule has 0 bridgehead atoms. The zero-order valence-electron chi connectivity index (χ0n) is 18.5. The van der Waals surface area contributed by atoms with Crippen molar-refractivity contribution >= 4 is 5.96 Å². The monoisotopic (exact) mass is 421 g/mol. The minimum absolute atomic E-state index is 0.532. The van der Waals surface area contributed by atoms with E-state index in [0.29, 0.717) is 32.9 Å². The zero-order valence-corrected chi connectivity index (χ0v) is 18.5. The number of aryl methyl sites for hydroxylation is 1. The normalized spacial score (nSPS) is 11.4. The molecule has 7 nitrogen and oxygen atoms in total. The SMILES string of the molecule is CCOCCOc1cc(C)ccc1CNC(=NC)NCc1cccc(-n2cccn2)c1. The maximum atomic E-state index is 5.93. The number of ether oxygens (including phenoxy) is 2. The Hall–Kier alpha value is -3.32. The first kappa shape index (κ1) is 22.4. The van der Waals surface area contributed by atoms with Crippen molar-refractivity contribution < 1.29 is 9.47 Å². The van der Waals surface area contributed by atoms with Gasteiger partial charge < -0.3 is 20.1 Å². The van der Waals surface area contributed by atoms with E-state index < -0.39 is 0 Å². The molecule has 3 aromatic rings. The van der Waals surface area contributed by atoms with Crippen LogP contribution in [0.4, 0.5) is 0 Å². The summed E-state index contributed by atoms with van der Waals surface area (Å²) in [5, 5.41) is 11.0. The number of rotatable bonds is 10. The van der Waals surface area contributed by atoms with Gasteiger partial charge in [-0.05, 0) is 49.2 Å². The zero-order chi connectivity index (χ0) is 21.9. The van der Waals surface area contributed by atoms with Gasteiger partial charge in [0.15, 0.2) is 5.96 Å². The third-order valence-electron chi connectivity index (χ3n) is 4.72. The molecule has 0 atom stereocenters. The minimum atomic E-state index is 0.532. The third-order valence-corrected chi connectivity index (χ3v) is 4.72. The highest BCUT2D eigenvalue weighted by atomic mass is 16.5. The van der Waals surface area contributed by atoms with Gasteiger partial charge in [0.2, 0.25) is 0 Å². The molecule has 2 aromatic carbocycles. The highest BCUT2D eigenvalue weighted by Gasteiger charge is 2.07. The number of aliphatic imine (C=N–C) groups is 1. The number of nitrogens with one attached hydrogen (secondary N) is 2. The van der Waals surface area contributed by atoms with E-state index in [2.05, 4.69) is 58.0 Å². The maximum Gasteiger partial charge on any atom is 0.191 e. The molecule has 0 radical (unpaired) electrons. The first-order valence-corrected chi connectivity index (χ1v) is 10.5. The van der Waals surface area contributed by atoms with E-state index in [-0.39, 0.29) is 0 Å². The molecule has 7 heteroatoms. The molecule has 2 N–H and O–H groups in total. The lowest BCUT2D eigenvalue weighted by Crippen LogP contribution is -2.36. The fraction of sp³-hybridized carbons (Fsp3) is 0.333. The van der Waals surface area contributed by atoms with E-state index in [1.54, 1.807) is 13.2 Å². The molecule has 3 rings (SSSR count). The molecule has 0 amide bonds. The number of nitrogens with zero attached hydrogens (tertiary/aromatic N) is 3. The van der Waals surface area contributed by atoms with E-state index >= 15 is 0 Å². The molecule has 0 saturated heterocycles. The molecule has 31 heavy (non-hydrogen) atoms. The van der Waals surface area contributed by atoms with Gasteiger partial charge >= 0.3 is 0 Å². The van der Waals surface area contributed by atoms with Crippen molar-refractivity contribution in [3.63, 3.8) is 0 Å². The molecular weight excluding hydrogens is 390 g/mol. The fourth-order valence-electron chi connectivity index (χ4n) is 3.11. The average molecular weight is 422 g/mol. The van der Waals surface area contributed by atoms with Crippen LogP contribution in [0.25, 0.3) is 5.69 Å². The highest BCUT2D eigenvalue weighted by Crippen LogP contribution is 2.20. The lowest BCUT2D eigenvalue weighted by atomic mass is 10.1. The summed E-state index contributed by atoms with van der Waals surface area (Å²) in [4.78, 5) is 4.34. The van der Waals surface area contributed by atoms with Gasteiger partial charge in [0.1, 0.15) is 12.4 Å². The molecule has 1 aromatic heterocycles. The Labute approximate surface area is 184 Å². The highest BCUT2D eigenvalue weighted by molar-refractivity contribution is 5.79. The van der Waals surface area contributed by atoms with E-state index in [4.69, 9.17) is 9.47 Å². The van der Waals surface area contributed by atoms with Crippen LogP contribution in [0.2, 0.25) is 0 Å². The van der Waals surface area contributed by atoms with Gasteiger partial charge in [-0.3, -0.25) is 4.99 Å². The molecule has 164 valence electrons. The summed E-state index contributed by atoms with van der Waals surface area (Å²) in [6.45, 7) is 7.11. The quantitative estimate of drug-likeness (QED) is 0.298. The van der Waals surface area contributed by atoms with Crippen molar-refractivity contribution in [3.05, 3.63) is 77.6 Å². The summed E-state index contributed by atoms with van der Waals surface area (Å²) < 4.78 is 13.2. The van der Waals surface area contributed by atoms with Crippen LogP contribution in [-0.4, -0.2) is 42.6 Å². The second-order valence-corrected chi connectivity index (χ2v) is 7.06. The predicted molar refractivity (Wildman–Crippen MR) is 124 cm³/mol. The van der Waals surface area contributed by atoms with Crippen LogP contribution < -0.4 is 15.4 Å². The van der Waals surface area contributed by atoms with Gasteiger partial charge in [0.05, 0.1) is 12.3 Å². The Bertz CT molecular complexity index is 970. The van der Waals surface area contributed by atoms with Gasteiger partial charge in [0.25, 0.3) is 0 Å². The number of aromatic nitrogens is 2. The molecule has 0 fully saturated rings. The van der Waals surface area contributed by atoms with Crippen LogP contribution in [-0.2, 0) is 17.8 Å². The van der Waals surface area contributed by atoms with Gasteiger partial charge in [0, 0.05) is 44.7 Å². The van der Waals surface area contributed by atoms with E-state index in [0.717, 1.165) is 34.1 Å². The molecule has 0 aliphatic carbocycles. The summed E-state index contributed by atoms with van der Waals surface area (Å²) in [7, 11) is 1.77. The molecule has 0 spiro atoms. The van der Waals surface area contributed by atoms with E-state index in [1.165, 1.54) is 0 Å². The van der Waals surface area contributed by atoms with Crippen LogP contribution in [0.1, 0.15) is 23.6 Å². The molecule has 0 saturated carbocycles. The van der Waals surface area contributed by atoms with Crippen molar-refractivity contribution in [1.29, 1.82) is 0 Å². The lowest BCUT2D eigenvalue weighted by Gasteiger charge is -2.16.